The third-order valence-electron chi connectivity index (χ3n) is 4.99. The van der Waals surface area contributed by atoms with E-state index in [4.69, 9.17) is 5.84 Å². The predicted octanol–water partition coefficient (Wildman–Crippen LogP) is 3.22. The second-order valence-electron chi connectivity index (χ2n) is 6.74. The van der Waals surface area contributed by atoms with Crippen LogP contribution in [0.5, 0.6) is 0 Å². The summed E-state index contributed by atoms with van der Waals surface area (Å²) < 4.78 is 0. The van der Waals surface area contributed by atoms with Crippen molar-refractivity contribution in [1.29, 1.82) is 0 Å². The highest BCUT2D eigenvalue weighted by molar-refractivity contribution is 4.89. The van der Waals surface area contributed by atoms with Crippen molar-refractivity contribution in [3.05, 3.63) is 0 Å². The molecule has 1 unspecified atom stereocenters. The summed E-state index contributed by atoms with van der Waals surface area (Å²) >= 11 is 0. The van der Waals surface area contributed by atoms with Crippen LogP contribution in [0.2, 0.25) is 0 Å². The van der Waals surface area contributed by atoms with Crippen molar-refractivity contribution >= 4 is 0 Å². The van der Waals surface area contributed by atoms with E-state index in [0.29, 0.717) is 11.5 Å². The molecular weight excluding hydrogens is 196 g/mol. The van der Waals surface area contributed by atoms with Crippen LogP contribution >= 0.6 is 0 Å². The average Bonchev–Trinajstić information content (AvgIpc) is 2.75. The molecule has 94 valence electrons. The van der Waals surface area contributed by atoms with Gasteiger partial charge in [-0.25, -0.2) is 0 Å². The Bertz CT molecular complexity index is 209. The van der Waals surface area contributed by atoms with Crippen LogP contribution in [0.15, 0.2) is 0 Å². The summed E-state index contributed by atoms with van der Waals surface area (Å²) in [6, 6.07) is 0.596. The Labute approximate surface area is 100 Å². The number of hydrazine groups is 1. The zero-order chi connectivity index (χ0) is 11.6. The topological polar surface area (TPSA) is 38.0 Å². The van der Waals surface area contributed by atoms with Gasteiger partial charge in [0, 0.05) is 6.04 Å². The molecule has 2 saturated carbocycles. The van der Waals surface area contributed by atoms with E-state index in [1.54, 1.807) is 0 Å². The van der Waals surface area contributed by atoms with Gasteiger partial charge >= 0.3 is 0 Å². The second-order valence-corrected chi connectivity index (χ2v) is 6.74. The predicted molar refractivity (Wildman–Crippen MR) is 68.8 cm³/mol. The summed E-state index contributed by atoms with van der Waals surface area (Å²) in [5, 5.41) is 0. The minimum Gasteiger partial charge on any atom is -0.271 e. The van der Waals surface area contributed by atoms with Gasteiger partial charge in [-0.05, 0) is 55.8 Å². The number of rotatable bonds is 3. The molecular formula is C14H28N2. The van der Waals surface area contributed by atoms with Crippen LogP contribution in [0.4, 0.5) is 0 Å². The van der Waals surface area contributed by atoms with Gasteiger partial charge < -0.3 is 0 Å². The Morgan fingerprint density at radius 3 is 2.00 bits per heavy atom. The summed E-state index contributed by atoms with van der Waals surface area (Å²) in [6.07, 6.45) is 11.1. The zero-order valence-electron chi connectivity index (χ0n) is 11.0. The molecule has 2 heteroatoms. The molecule has 1 atom stereocenters. The Balaban J connectivity index is 1.90. The van der Waals surface area contributed by atoms with E-state index in [1.165, 1.54) is 51.4 Å². The van der Waals surface area contributed by atoms with E-state index in [-0.39, 0.29) is 0 Å². The van der Waals surface area contributed by atoms with Crippen LogP contribution in [0.3, 0.4) is 0 Å². The fourth-order valence-electron chi connectivity index (χ4n) is 3.75. The van der Waals surface area contributed by atoms with Crippen molar-refractivity contribution in [2.45, 2.75) is 71.3 Å². The third kappa shape index (κ3) is 2.78. The molecule has 0 aliphatic heterocycles. The molecule has 0 saturated heterocycles. The molecule has 0 amide bonds. The molecule has 2 fully saturated rings. The quantitative estimate of drug-likeness (QED) is 0.570. The minimum atomic E-state index is 0.575. The summed E-state index contributed by atoms with van der Waals surface area (Å²) in [5.41, 5.74) is 3.72. The van der Waals surface area contributed by atoms with E-state index >= 15 is 0 Å². The monoisotopic (exact) mass is 224 g/mol. The minimum absolute atomic E-state index is 0.575. The lowest BCUT2D eigenvalue weighted by molar-refractivity contribution is 0.136. The molecule has 0 bridgehead atoms. The molecule has 0 heterocycles. The lowest BCUT2D eigenvalue weighted by Gasteiger charge is -2.39. The Hall–Kier alpha value is -0.0800. The maximum Gasteiger partial charge on any atom is 0.0267 e. The molecule has 3 N–H and O–H groups in total. The lowest BCUT2D eigenvalue weighted by atomic mass is 9.69. The van der Waals surface area contributed by atoms with Gasteiger partial charge in [0.1, 0.15) is 0 Å². The molecule has 16 heavy (non-hydrogen) atoms. The molecule has 0 radical (unpaired) electrons. The summed E-state index contributed by atoms with van der Waals surface area (Å²) in [4.78, 5) is 0. The van der Waals surface area contributed by atoms with Crippen molar-refractivity contribution in [2.24, 2.45) is 23.1 Å². The SMILES string of the molecule is CC1(C)CCC(C(NN)C2CCCC2)CC1. The Morgan fingerprint density at radius 1 is 1.00 bits per heavy atom. The van der Waals surface area contributed by atoms with Crippen molar-refractivity contribution in [3.63, 3.8) is 0 Å². The average molecular weight is 224 g/mol. The van der Waals surface area contributed by atoms with Gasteiger partial charge in [0.15, 0.2) is 0 Å². The van der Waals surface area contributed by atoms with Gasteiger partial charge in [0.2, 0.25) is 0 Å². The van der Waals surface area contributed by atoms with E-state index in [9.17, 15) is 0 Å². The van der Waals surface area contributed by atoms with E-state index in [1.807, 2.05) is 0 Å². The molecule has 2 aliphatic carbocycles. The first-order valence-electron chi connectivity index (χ1n) is 7.08. The lowest BCUT2D eigenvalue weighted by Crippen LogP contribution is -2.47. The molecule has 2 rings (SSSR count). The summed E-state index contributed by atoms with van der Waals surface area (Å²) in [6.45, 7) is 4.81. The van der Waals surface area contributed by atoms with Gasteiger partial charge in [0.05, 0.1) is 0 Å². The highest BCUT2D eigenvalue weighted by atomic mass is 15.2. The molecule has 0 aromatic carbocycles. The Morgan fingerprint density at radius 2 is 1.50 bits per heavy atom. The van der Waals surface area contributed by atoms with Crippen LogP contribution < -0.4 is 11.3 Å². The van der Waals surface area contributed by atoms with Crippen LogP contribution in [-0.4, -0.2) is 6.04 Å². The molecule has 2 aliphatic rings. The van der Waals surface area contributed by atoms with E-state index in [0.717, 1.165) is 11.8 Å². The van der Waals surface area contributed by atoms with Gasteiger partial charge in [0.25, 0.3) is 0 Å². The maximum absolute atomic E-state index is 5.80. The van der Waals surface area contributed by atoms with Crippen LogP contribution in [0, 0.1) is 17.3 Å². The maximum atomic E-state index is 5.80. The standard InChI is InChI=1S/C14H28N2/c1-14(2)9-7-12(8-10-14)13(16-15)11-5-3-4-6-11/h11-13,16H,3-10,15H2,1-2H3. The van der Waals surface area contributed by atoms with Crippen molar-refractivity contribution in [3.8, 4) is 0 Å². The normalized spacial score (nSPS) is 29.4. The fourth-order valence-corrected chi connectivity index (χ4v) is 3.75. The summed E-state index contributed by atoms with van der Waals surface area (Å²) in [7, 11) is 0. The highest BCUT2D eigenvalue weighted by Crippen LogP contribution is 2.42. The largest absolute Gasteiger partial charge is 0.271 e. The molecule has 0 aromatic rings. The molecule has 0 aromatic heterocycles. The summed E-state index contributed by atoms with van der Waals surface area (Å²) in [5.74, 6) is 7.49. The third-order valence-corrected chi connectivity index (χ3v) is 4.99. The highest BCUT2D eigenvalue weighted by Gasteiger charge is 2.35. The van der Waals surface area contributed by atoms with E-state index < -0.39 is 0 Å². The first-order valence-corrected chi connectivity index (χ1v) is 7.08. The number of hydrogen-bond donors (Lipinski definition) is 2. The van der Waals surface area contributed by atoms with Crippen molar-refractivity contribution < 1.29 is 0 Å². The zero-order valence-corrected chi connectivity index (χ0v) is 11.0. The van der Waals surface area contributed by atoms with Crippen LogP contribution in [0.25, 0.3) is 0 Å². The van der Waals surface area contributed by atoms with Crippen molar-refractivity contribution in [1.82, 2.24) is 5.43 Å². The number of nitrogens with two attached hydrogens (primary N) is 1. The number of nitrogens with one attached hydrogen (secondary N) is 1. The van der Waals surface area contributed by atoms with Gasteiger partial charge in [-0.15, -0.1) is 0 Å². The van der Waals surface area contributed by atoms with Crippen LogP contribution in [-0.2, 0) is 0 Å². The molecule has 0 spiro atoms. The van der Waals surface area contributed by atoms with Gasteiger partial charge in [-0.1, -0.05) is 26.7 Å². The first-order chi connectivity index (χ1) is 7.62. The molecule has 2 nitrogen and oxygen atoms in total. The number of hydrogen-bond acceptors (Lipinski definition) is 2. The first kappa shape index (κ1) is 12.4. The van der Waals surface area contributed by atoms with Crippen molar-refractivity contribution in [2.75, 3.05) is 0 Å². The Kier molecular flexibility index (Phi) is 3.91. The fraction of sp³-hybridized carbons (Fsp3) is 1.00. The smallest absolute Gasteiger partial charge is 0.0267 e. The van der Waals surface area contributed by atoms with E-state index in [2.05, 4.69) is 19.3 Å². The van der Waals surface area contributed by atoms with Gasteiger partial charge in [-0.3, -0.25) is 11.3 Å². The van der Waals surface area contributed by atoms with Gasteiger partial charge in [-0.2, -0.15) is 0 Å². The second kappa shape index (κ2) is 5.05. The van der Waals surface area contributed by atoms with Crippen LogP contribution in [0.1, 0.15) is 65.2 Å².